The summed E-state index contributed by atoms with van der Waals surface area (Å²) in [7, 11) is 0. The van der Waals surface area contributed by atoms with Crippen LogP contribution in [-0.2, 0) is 55.3 Å². The Bertz CT molecular complexity index is 2340. The molecule has 0 saturated heterocycles. The van der Waals surface area contributed by atoms with Crippen molar-refractivity contribution < 1.29 is 24.2 Å². The van der Waals surface area contributed by atoms with Crippen molar-refractivity contribution in [2.75, 3.05) is 6.61 Å². The van der Waals surface area contributed by atoms with Crippen molar-refractivity contribution in [3.8, 4) is 0 Å². The van der Waals surface area contributed by atoms with E-state index >= 15 is 0 Å². The topological polar surface area (TPSA) is 63.2 Å². The average Bonchev–Trinajstić information content (AvgIpc) is 4.04. The standard InChI is InChI=1S/C59H86N4O.Zn/c1-11-20-21-22-23-24-25-26-27-28-29-30-31-32-33-34-37-64-41(10)48-35-36-49-57-47(17-7)46(16-6)53(62-57)39-52-43(13-3)42(12-2)50(60-52)38-51-44(14-4)45(15-5)54(61-51)40-55-59(18-8,19-9)56(48)58(49)63-55;/h35-36,38-41H,11-34,37H2,1-10H3;/q-2;+2. The number of nitrogens with zero attached hydrogens (tertiary/aromatic N) is 4. The smallest absolute Gasteiger partial charge is 0.657 e. The van der Waals surface area contributed by atoms with Gasteiger partial charge in [0.2, 0.25) is 0 Å². The third kappa shape index (κ3) is 11.6. The van der Waals surface area contributed by atoms with Crippen LogP contribution in [0.2, 0.25) is 0 Å². The number of fused-ring (bicyclic) bond motifs is 8. The summed E-state index contributed by atoms with van der Waals surface area (Å²) >= 11 is 0. The van der Waals surface area contributed by atoms with Crippen molar-refractivity contribution in [3.05, 3.63) is 80.8 Å². The van der Waals surface area contributed by atoms with Gasteiger partial charge in [-0.05, 0) is 98.4 Å². The first-order valence-electron chi connectivity index (χ1n) is 26.8. The Morgan fingerprint density at radius 3 is 1.51 bits per heavy atom. The molecular formula is C59H86N4OZn. The number of aryl methyl sites for hydroxylation is 4. The van der Waals surface area contributed by atoms with Crippen LogP contribution in [-0.4, -0.2) is 16.6 Å². The van der Waals surface area contributed by atoms with Crippen LogP contribution >= 0.6 is 0 Å². The first-order valence-corrected chi connectivity index (χ1v) is 26.8. The summed E-state index contributed by atoms with van der Waals surface area (Å²) < 4.78 is 6.81. The van der Waals surface area contributed by atoms with E-state index < -0.39 is 0 Å². The van der Waals surface area contributed by atoms with E-state index in [1.807, 2.05) is 0 Å². The molecule has 65 heavy (non-hydrogen) atoms. The van der Waals surface area contributed by atoms with E-state index in [4.69, 9.17) is 24.7 Å². The molecule has 6 rings (SSSR count). The van der Waals surface area contributed by atoms with Gasteiger partial charge >= 0.3 is 19.5 Å². The number of rotatable bonds is 27. The molecule has 6 heteroatoms. The fourth-order valence-electron chi connectivity index (χ4n) is 11.5. The molecule has 1 unspecified atom stereocenters. The summed E-state index contributed by atoms with van der Waals surface area (Å²) in [6, 6.07) is 11.6. The number of hydrogen-bond acceptors (Lipinski definition) is 3. The number of hydrogen-bond donors (Lipinski definition) is 0. The fraction of sp³-hybridized carbons (Fsp3) is 0.627. The molecule has 4 aromatic rings. The van der Waals surface area contributed by atoms with Crippen molar-refractivity contribution in [3.63, 3.8) is 0 Å². The van der Waals surface area contributed by atoms with Crippen LogP contribution in [0.5, 0.6) is 0 Å². The number of allylic oxidation sites excluding steroid dienone is 2. The van der Waals surface area contributed by atoms with Gasteiger partial charge in [0.05, 0.1) is 28.7 Å². The number of benzene rings is 1. The molecule has 0 amide bonds. The van der Waals surface area contributed by atoms with Gasteiger partial charge in [0.1, 0.15) is 0 Å². The van der Waals surface area contributed by atoms with E-state index in [-0.39, 0.29) is 31.0 Å². The Balaban J connectivity index is 0.00000793. The Morgan fingerprint density at radius 1 is 0.523 bits per heavy atom. The Morgan fingerprint density at radius 2 is 1.00 bits per heavy atom. The summed E-state index contributed by atoms with van der Waals surface area (Å²) in [4.78, 5) is 22.2. The molecule has 3 aromatic heterocycles. The largest absolute Gasteiger partial charge is 2.00 e. The second kappa shape index (κ2) is 25.9. The molecule has 8 bridgehead atoms. The van der Waals surface area contributed by atoms with Crippen LogP contribution < -0.4 is 9.97 Å². The number of unbranched alkanes of at least 4 members (excludes halogenated alkanes) is 15. The zero-order valence-electron chi connectivity index (χ0n) is 43.0. The van der Waals surface area contributed by atoms with Crippen molar-refractivity contribution in [1.29, 1.82) is 0 Å². The number of ether oxygens (including phenoxy) is 1. The van der Waals surface area contributed by atoms with E-state index in [2.05, 4.69) is 99.6 Å². The van der Waals surface area contributed by atoms with E-state index in [0.717, 1.165) is 114 Å². The first-order chi connectivity index (χ1) is 31.3. The predicted molar refractivity (Wildman–Crippen MR) is 277 cm³/mol. The summed E-state index contributed by atoms with van der Waals surface area (Å²) in [6.45, 7) is 23.7. The van der Waals surface area contributed by atoms with Crippen molar-refractivity contribution in [2.45, 2.75) is 235 Å². The average molecular weight is 933 g/mol. The SMILES string of the molecule is CCCCCCCCCCCCCCCCCCOC(C)c1ccc2c3nc(cc4nc(cc5[n-]c(cc6[n-]c2c(CC)c6CC)c(CC)c5CC)C(CC)=C4CC)C(CC)(CC)c13.[Zn+2]. The molecule has 0 aliphatic carbocycles. The van der Waals surface area contributed by atoms with Gasteiger partial charge in [0.15, 0.2) is 0 Å². The molecule has 2 aliphatic heterocycles. The molecule has 0 spiro atoms. The zero-order valence-corrected chi connectivity index (χ0v) is 46.0. The molecule has 2 aliphatic rings. The van der Waals surface area contributed by atoms with Gasteiger partial charge in [-0.1, -0.05) is 205 Å². The third-order valence-corrected chi connectivity index (χ3v) is 15.3. The first kappa shape index (κ1) is 52.9. The summed E-state index contributed by atoms with van der Waals surface area (Å²) in [5.74, 6) is 0. The molecule has 0 radical (unpaired) electrons. The van der Waals surface area contributed by atoms with Crippen LogP contribution in [0.4, 0.5) is 0 Å². The monoisotopic (exact) mass is 931 g/mol. The minimum Gasteiger partial charge on any atom is -0.657 e. The minimum absolute atomic E-state index is 0. The summed E-state index contributed by atoms with van der Waals surface area (Å²) in [5.41, 5.74) is 18.9. The normalized spacial score (nSPS) is 13.9. The maximum atomic E-state index is 6.81. The molecule has 5 heterocycles. The van der Waals surface area contributed by atoms with Crippen molar-refractivity contribution in [2.24, 2.45) is 0 Å². The van der Waals surface area contributed by atoms with Crippen LogP contribution in [0.3, 0.4) is 0 Å². The minimum atomic E-state index is -0.268. The molecule has 5 nitrogen and oxygen atoms in total. The van der Waals surface area contributed by atoms with Gasteiger partial charge in [-0.15, -0.1) is 22.1 Å². The maximum absolute atomic E-state index is 6.81. The molecular weight excluding hydrogens is 846 g/mol. The molecule has 0 fully saturated rings. The van der Waals surface area contributed by atoms with Crippen LogP contribution in [0.15, 0.2) is 30.3 Å². The Hall–Kier alpha value is -3.08. The summed E-state index contributed by atoms with van der Waals surface area (Å²) in [5, 5.41) is 1.15. The van der Waals surface area contributed by atoms with E-state index in [9.17, 15) is 0 Å². The second-order valence-corrected chi connectivity index (χ2v) is 19.1. The van der Waals surface area contributed by atoms with E-state index in [1.165, 1.54) is 141 Å². The van der Waals surface area contributed by atoms with Gasteiger partial charge in [0, 0.05) is 12.0 Å². The fourth-order valence-corrected chi connectivity index (χ4v) is 11.5. The molecule has 0 saturated carbocycles. The van der Waals surface area contributed by atoms with Gasteiger partial charge in [-0.25, -0.2) is 4.98 Å². The molecule has 350 valence electrons. The molecule has 1 atom stereocenters. The zero-order chi connectivity index (χ0) is 45.6. The third-order valence-electron chi connectivity index (χ3n) is 15.3. The van der Waals surface area contributed by atoms with Crippen molar-refractivity contribution in [1.82, 2.24) is 19.9 Å². The van der Waals surface area contributed by atoms with Crippen LogP contribution in [0, 0.1) is 0 Å². The Labute approximate surface area is 408 Å². The molecule has 1 aromatic carbocycles. The summed E-state index contributed by atoms with van der Waals surface area (Å²) in [6.07, 6.45) is 29.4. The van der Waals surface area contributed by atoms with E-state index in [1.54, 1.807) is 0 Å². The van der Waals surface area contributed by atoms with Gasteiger partial charge < -0.3 is 14.7 Å². The predicted octanol–water partition coefficient (Wildman–Crippen LogP) is 17.1. The van der Waals surface area contributed by atoms with Crippen molar-refractivity contribution >= 4 is 44.1 Å². The second-order valence-electron chi connectivity index (χ2n) is 19.1. The van der Waals surface area contributed by atoms with E-state index in [0.29, 0.717) is 0 Å². The van der Waals surface area contributed by atoms with Crippen LogP contribution in [0.25, 0.3) is 44.1 Å². The Kier molecular flexibility index (Phi) is 21.1. The molecule has 0 N–H and O–H groups in total. The maximum Gasteiger partial charge on any atom is 2.00 e. The number of aromatic nitrogens is 4. The quantitative estimate of drug-likeness (QED) is 0.0440. The van der Waals surface area contributed by atoms with Gasteiger partial charge in [0.25, 0.3) is 0 Å². The van der Waals surface area contributed by atoms with Gasteiger partial charge in [-0.3, -0.25) is 4.98 Å². The van der Waals surface area contributed by atoms with Gasteiger partial charge in [-0.2, -0.15) is 0 Å². The van der Waals surface area contributed by atoms with Crippen LogP contribution in [0.1, 0.15) is 254 Å².